The molecule has 0 bridgehead atoms. The van der Waals surface area contributed by atoms with E-state index in [9.17, 15) is 0 Å². The van der Waals surface area contributed by atoms with Crippen LogP contribution in [0.2, 0.25) is 0 Å². The van der Waals surface area contributed by atoms with Crippen LogP contribution in [0.15, 0.2) is 225 Å². The van der Waals surface area contributed by atoms with Crippen LogP contribution in [-0.4, -0.2) is 18.2 Å². The van der Waals surface area contributed by atoms with E-state index in [-0.39, 0.29) is 0 Å². The van der Waals surface area contributed by atoms with Gasteiger partial charge in [-0.25, -0.2) is 0 Å². The average Bonchev–Trinajstić information content (AvgIpc) is 3.69. The Morgan fingerprint density at radius 3 is 1.57 bits per heavy atom. The highest BCUT2D eigenvalue weighted by atomic mass is 15.0. The normalized spacial score (nSPS) is 11.1. The van der Waals surface area contributed by atoms with Crippen LogP contribution >= 0.6 is 0 Å². The molecule has 0 saturated carbocycles. The maximum atomic E-state index is 3.46. The first-order valence-corrected chi connectivity index (χ1v) is 23.2. The van der Waals surface area contributed by atoms with E-state index in [4.69, 9.17) is 0 Å². The number of benzene rings is 8. The van der Waals surface area contributed by atoms with Crippen LogP contribution in [0.3, 0.4) is 0 Å². The van der Waals surface area contributed by atoms with E-state index in [0.29, 0.717) is 5.92 Å². The highest BCUT2D eigenvalue weighted by Gasteiger charge is 2.15. The van der Waals surface area contributed by atoms with Crippen molar-refractivity contribution >= 4 is 32.6 Å². The number of rotatable bonds is 9. The summed E-state index contributed by atoms with van der Waals surface area (Å²) in [7, 11) is 1.93. The topological polar surface area (TPSA) is 17.0 Å². The largest absolute Gasteiger partial charge is 0.316 e. The van der Waals surface area contributed by atoms with Gasteiger partial charge in [0.15, 0.2) is 0 Å². The van der Waals surface area contributed by atoms with Crippen LogP contribution in [-0.2, 0) is 0 Å². The second-order valence-corrected chi connectivity index (χ2v) is 15.8. The fraction of sp³-hybridized carbons (Fsp3) is 0.175. The minimum absolute atomic E-state index is 0.589. The van der Waals surface area contributed by atoms with Crippen molar-refractivity contribution in [1.29, 1.82) is 0 Å². The van der Waals surface area contributed by atoms with Gasteiger partial charge in [-0.05, 0) is 120 Å². The molecule has 1 heterocycles. The molecule has 2 nitrogen and oxygen atoms in total. The van der Waals surface area contributed by atoms with Gasteiger partial charge in [-0.1, -0.05) is 228 Å². The Balaban J connectivity index is 0.000000332. The summed E-state index contributed by atoms with van der Waals surface area (Å²) >= 11 is 0. The summed E-state index contributed by atoms with van der Waals surface area (Å²) in [6, 6.07) is 68.2. The van der Waals surface area contributed by atoms with Gasteiger partial charge >= 0.3 is 0 Å². The summed E-state index contributed by atoms with van der Waals surface area (Å²) < 4.78 is 2.44. The van der Waals surface area contributed by atoms with Gasteiger partial charge in [-0.15, -0.1) is 0 Å². The number of nitrogens with zero attached hydrogens (tertiary/aromatic N) is 1. The van der Waals surface area contributed by atoms with Crippen molar-refractivity contribution in [3.05, 3.63) is 236 Å². The van der Waals surface area contributed by atoms with E-state index in [1.54, 1.807) is 6.08 Å². The summed E-state index contributed by atoms with van der Waals surface area (Å²) in [4.78, 5) is 0. The Labute approximate surface area is 390 Å². The number of nitrogens with one attached hydrogen (secondary N) is 1. The molecule has 2 heteroatoms. The lowest BCUT2D eigenvalue weighted by Crippen LogP contribution is -2.03. The predicted octanol–water partition coefficient (Wildman–Crippen LogP) is 18.0. The molecular formula is C63H68N2. The highest BCUT2D eigenvalue weighted by Crippen LogP contribution is 2.38. The molecule has 330 valence electrons. The molecule has 0 aliphatic heterocycles. The number of aromatic nitrogens is 1. The summed E-state index contributed by atoms with van der Waals surface area (Å²) in [6.45, 7) is 19.0. The first kappa shape index (κ1) is 49.0. The second-order valence-electron chi connectivity index (χ2n) is 15.8. The van der Waals surface area contributed by atoms with Crippen LogP contribution in [0.5, 0.6) is 0 Å². The molecule has 1 atom stereocenters. The van der Waals surface area contributed by atoms with Crippen LogP contribution in [0.4, 0.5) is 0 Å². The van der Waals surface area contributed by atoms with Gasteiger partial charge in [-0.2, -0.15) is 0 Å². The van der Waals surface area contributed by atoms with Crippen LogP contribution in [0, 0.1) is 6.92 Å². The van der Waals surface area contributed by atoms with E-state index in [1.807, 2.05) is 71.2 Å². The molecule has 9 rings (SSSR count). The SMILES string of the molecule is C/C=C\CNC.C=C/C=C\C.CC.CCC(C)c1ccc(-c2ccc(-c3ccc4c5cc6ccccc6cc5n(-c5cccc(-c6ccccc6)c5)c4c3)cc2)cc1.Cc1ccccc1. The molecule has 1 unspecified atom stereocenters. The maximum absolute atomic E-state index is 3.46. The Bertz CT molecular complexity index is 2860. The van der Waals surface area contributed by atoms with Gasteiger partial charge in [-0.3, -0.25) is 0 Å². The highest BCUT2D eigenvalue weighted by molar-refractivity contribution is 6.14. The zero-order chi connectivity index (χ0) is 46.4. The number of fused-ring (bicyclic) bond motifs is 4. The average molecular weight is 853 g/mol. The van der Waals surface area contributed by atoms with E-state index in [2.05, 4.69) is 213 Å². The van der Waals surface area contributed by atoms with Crippen molar-refractivity contribution in [3.8, 4) is 39.1 Å². The summed E-state index contributed by atoms with van der Waals surface area (Å²) in [6.07, 6.45) is 10.8. The fourth-order valence-electron chi connectivity index (χ4n) is 7.62. The maximum Gasteiger partial charge on any atom is 0.0547 e. The van der Waals surface area contributed by atoms with Gasteiger partial charge < -0.3 is 9.88 Å². The predicted molar refractivity (Wildman–Crippen MR) is 290 cm³/mol. The van der Waals surface area contributed by atoms with Gasteiger partial charge in [0.2, 0.25) is 0 Å². The molecular weight excluding hydrogens is 785 g/mol. The molecule has 0 aliphatic rings. The summed E-state index contributed by atoms with van der Waals surface area (Å²) in [5.74, 6) is 0.589. The van der Waals surface area contributed by atoms with E-state index >= 15 is 0 Å². The zero-order valence-corrected chi connectivity index (χ0v) is 39.9. The third-order valence-corrected chi connectivity index (χ3v) is 11.3. The molecule has 0 radical (unpaired) electrons. The lowest BCUT2D eigenvalue weighted by molar-refractivity contribution is 0.734. The first-order valence-electron chi connectivity index (χ1n) is 23.2. The number of likely N-dealkylation sites (N-methyl/N-ethyl adjacent to an activating group) is 1. The Kier molecular flexibility index (Phi) is 19.6. The van der Waals surface area contributed by atoms with Crippen molar-refractivity contribution in [2.75, 3.05) is 13.6 Å². The lowest BCUT2D eigenvalue weighted by Gasteiger charge is -2.12. The first-order chi connectivity index (χ1) is 31.9. The second kappa shape index (κ2) is 25.9. The van der Waals surface area contributed by atoms with Crippen molar-refractivity contribution < 1.29 is 0 Å². The molecule has 0 amide bonds. The monoisotopic (exact) mass is 853 g/mol. The van der Waals surface area contributed by atoms with Crippen LogP contribution < -0.4 is 5.32 Å². The van der Waals surface area contributed by atoms with E-state index < -0.39 is 0 Å². The molecule has 9 aromatic rings. The van der Waals surface area contributed by atoms with Crippen LogP contribution in [0.1, 0.15) is 65.0 Å². The van der Waals surface area contributed by atoms with Crippen molar-refractivity contribution in [2.45, 2.75) is 60.8 Å². The lowest BCUT2D eigenvalue weighted by atomic mass is 9.95. The van der Waals surface area contributed by atoms with Gasteiger partial charge in [0.25, 0.3) is 0 Å². The third kappa shape index (κ3) is 13.3. The minimum atomic E-state index is 0.589. The van der Waals surface area contributed by atoms with Crippen LogP contribution in [0.25, 0.3) is 71.6 Å². The number of aryl methyl sites for hydroxylation is 1. The Morgan fingerprint density at radius 2 is 1.05 bits per heavy atom. The fourth-order valence-corrected chi connectivity index (χ4v) is 7.62. The van der Waals surface area contributed by atoms with Gasteiger partial charge in [0, 0.05) is 23.0 Å². The standard InChI is InChI=1S/C44H35N.C7H8.C5H11N.C5H8.C2H6/c1-3-30(2)31-16-18-33(19-17-31)34-20-22-35(23-21-34)39-24-25-41-42-27-37-12-7-8-13-38(37)28-44(42)45(43(41)29-39)40-15-9-14-36(26-40)32-10-5-4-6-11-32;1-7-5-3-2-4-6-7;1-3-4-5-6-2;1-3-5-4-2;1-2/h4-30H,3H2,1-2H3;2-6H,1H3;3-4,6H,5H2,1-2H3;3-5H,1H2,2H3;1-2H3/b;;4-3-;5-4-;. The zero-order valence-electron chi connectivity index (χ0n) is 39.9. The molecule has 65 heavy (non-hydrogen) atoms. The quantitative estimate of drug-likeness (QED) is 0.113. The molecule has 0 saturated heterocycles. The van der Waals surface area contributed by atoms with Gasteiger partial charge in [0.1, 0.15) is 0 Å². The molecule has 1 N–H and O–H groups in total. The molecule has 1 aromatic heterocycles. The number of allylic oxidation sites excluding steroid dienone is 4. The van der Waals surface area contributed by atoms with Gasteiger partial charge in [0.05, 0.1) is 11.0 Å². The summed E-state index contributed by atoms with van der Waals surface area (Å²) in [5.41, 5.74) is 13.7. The third-order valence-electron chi connectivity index (χ3n) is 11.3. The van der Waals surface area contributed by atoms with E-state index in [0.717, 1.165) is 13.0 Å². The summed E-state index contributed by atoms with van der Waals surface area (Å²) in [5, 5.41) is 8.04. The van der Waals surface area contributed by atoms with E-state index in [1.165, 1.54) is 82.8 Å². The Morgan fingerprint density at radius 1 is 0.538 bits per heavy atom. The van der Waals surface area contributed by atoms with Crippen molar-refractivity contribution in [1.82, 2.24) is 9.88 Å². The van der Waals surface area contributed by atoms with Crippen molar-refractivity contribution in [3.63, 3.8) is 0 Å². The number of hydrogen-bond donors (Lipinski definition) is 1. The number of hydrogen-bond acceptors (Lipinski definition) is 1. The molecule has 8 aromatic carbocycles. The smallest absolute Gasteiger partial charge is 0.0547 e. The molecule has 0 fully saturated rings. The minimum Gasteiger partial charge on any atom is -0.316 e. The molecule has 0 spiro atoms. The Hall–Kier alpha value is -7.00. The van der Waals surface area contributed by atoms with Crippen molar-refractivity contribution in [2.24, 2.45) is 0 Å². The molecule has 0 aliphatic carbocycles.